The van der Waals surface area contributed by atoms with Gasteiger partial charge in [-0.2, -0.15) is 0 Å². The topological polar surface area (TPSA) is 75.9 Å². The summed E-state index contributed by atoms with van der Waals surface area (Å²) in [7, 11) is 0. The van der Waals surface area contributed by atoms with Crippen molar-refractivity contribution in [3.05, 3.63) is 101 Å². The van der Waals surface area contributed by atoms with Crippen LogP contribution in [0.15, 0.2) is 73.1 Å². The molecule has 3 aromatic carbocycles. The lowest BCUT2D eigenvalue weighted by atomic mass is 9.92. The number of carbonyl (C=O) groups is 2. The molecule has 0 radical (unpaired) electrons. The minimum absolute atomic E-state index is 0.0291. The Balaban J connectivity index is 1.36. The molecule has 1 atom stereocenters. The summed E-state index contributed by atoms with van der Waals surface area (Å²) in [4.78, 5) is 33.2. The van der Waals surface area contributed by atoms with Crippen LogP contribution in [0, 0.1) is 13.8 Å². The number of nitrogens with zero attached hydrogens (tertiary/aromatic N) is 3. The highest BCUT2D eigenvalue weighted by Gasteiger charge is 2.36. The van der Waals surface area contributed by atoms with Crippen molar-refractivity contribution < 1.29 is 14.3 Å². The Kier molecular flexibility index (Phi) is 6.93. The highest BCUT2D eigenvalue weighted by molar-refractivity contribution is 6.19. The first-order valence-electron chi connectivity index (χ1n) is 14.0. The fourth-order valence-electron chi connectivity index (χ4n) is 5.63. The van der Waals surface area contributed by atoms with Crippen LogP contribution in [0.2, 0.25) is 0 Å². The van der Waals surface area contributed by atoms with Gasteiger partial charge in [0, 0.05) is 47.8 Å². The summed E-state index contributed by atoms with van der Waals surface area (Å²) in [6.45, 7) is 10.6. The number of carbonyl (C=O) groups excluding carboxylic acids is 2. The van der Waals surface area contributed by atoms with Crippen molar-refractivity contribution in [3.8, 4) is 5.75 Å². The number of alkyl halides is 1. The second kappa shape index (κ2) is 10.5. The van der Waals surface area contributed by atoms with Crippen molar-refractivity contribution in [2.75, 3.05) is 22.6 Å². The summed E-state index contributed by atoms with van der Waals surface area (Å²) < 4.78 is 8.16. The summed E-state index contributed by atoms with van der Waals surface area (Å²) in [6.07, 6.45) is 3.46. The Morgan fingerprint density at radius 2 is 1.81 bits per heavy atom. The fourth-order valence-corrected chi connectivity index (χ4v) is 5.88. The third kappa shape index (κ3) is 5.09. The molecule has 8 heteroatoms. The lowest BCUT2D eigenvalue weighted by Gasteiger charge is -2.25. The molecule has 0 spiro atoms. The first kappa shape index (κ1) is 27.8. The third-order valence-electron chi connectivity index (χ3n) is 7.54. The van der Waals surface area contributed by atoms with E-state index in [1.54, 1.807) is 46.0 Å². The molecule has 0 bridgehead atoms. The number of aryl methyl sites for hydroxylation is 2. The van der Waals surface area contributed by atoms with E-state index in [9.17, 15) is 9.59 Å². The highest BCUT2D eigenvalue weighted by Crippen LogP contribution is 2.47. The van der Waals surface area contributed by atoms with Gasteiger partial charge in [0.05, 0.1) is 11.4 Å². The number of fused-ring (bicyclic) bond motifs is 4. The van der Waals surface area contributed by atoms with Crippen LogP contribution in [0.5, 0.6) is 5.75 Å². The van der Waals surface area contributed by atoms with Crippen molar-refractivity contribution >= 4 is 51.2 Å². The SMILES string of the molecule is Cc1ccc(C(=O)Nc2ccc3nc(C(=O)N4C[C@@H](CCl)c5c4cc(OC(C)(C)C)c4cccc(C)c54)cn3c2)cc1. The summed E-state index contributed by atoms with van der Waals surface area (Å²) >= 11 is 6.50. The molecule has 0 aliphatic carbocycles. The maximum absolute atomic E-state index is 14.0. The van der Waals surface area contributed by atoms with Crippen LogP contribution < -0.4 is 15.0 Å². The average molecular weight is 581 g/mol. The number of aromatic nitrogens is 2. The maximum atomic E-state index is 14.0. The number of hydrogen-bond acceptors (Lipinski definition) is 4. The van der Waals surface area contributed by atoms with Gasteiger partial charge >= 0.3 is 0 Å². The van der Waals surface area contributed by atoms with E-state index < -0.39 is 5.60 Å². The van der Waals surface area contributed by atoms with Crippen molar-refractivity contribution in [1.82, 2.24) is 9.38 Å². The molecule has 3 heterocycles. The fraction of sp³-hybridized carbons (Fsp3) is 0.265. The van der Waals surface area contributed by atoms with Crippen LogP contribution in [0.3, 0.4) is 0 Å². The molecule has 0 saturated carbocycles. The average Bonchev–Trinajstić information content (AvgIpc) is 3.53. The van der Waals surface area contributed by atoms with E-state index in [-0.39, 0.29) is 17.7 Å². The third-order valence-corrected chi connectivity index (χ3v) is 7.92. The summed E-state index contributed by atoms with van der Waals surface area (Å²) in [5.41, 5.74) is 5.73. The molecule has 0 saturated heterocycles. The van der Waals surface area contributed by atoms with Gasteiger partial charge in [-0.15, -0.1) is 11.6 Å². The predicted molar refractivity (Wildman–Crippen MR) is 169 cm³/mol. The number of rotatable bonds is 5. The summed E-state index contributed by atoms with van der Waals surface area (Å²) in [5, 5.41) is 5.02. The molecule has 214 valence electrons. The quantitative estimate of drug-likeness (QED) is 0.218. The number of ether oxygens (including phenoxy) is 1. The lowest BCUT2D eigenvalue weighted by molar-refractivity contribution is 0.0982. The zero-order chi connectivity index (χ0) is 29.8. The second-order valence-electron chi connectivity index (χ2n) is 11.9. The number of halogens is 1. The van der Waals surface area contributed by atoms with Gasteiger partial charge in [0.2, 0.25) is 0 Å². The normalized spacial score (nSPS) is 14.8. The van der Waals surface area contributed by atoms with Crippen molar-refractivity contribution in [3.63, 3.8) is 0 Å². The first-order valence-corrected chi connectivity index (χ1v) is 14.6. The molecule has 1 aliphatic heterocycles. The van der Waals surface area contributed by atoms with Gasteiger partial charge < -0.3 is 19.4 Å². The summed E-state index contributed by atoms with van der Waals surface area (Å²) in [6, 6.07) is 19.1. The molecule has 0 unspecified atom stereocenters. The Morgan fingerprint density at radius 3 is 2.52 bits per heavy atom. The van der Waals surface area contributed by atoms with Crippen LogP contribution in [0.4, 0.5) is 11.4 Å². The number of nitrogens with one attached hydrogen (secondary N) is 1. The number of amides is 2. The van der Waals surface area contributed by atoms with Gasteiger partial charge in [0.25, 0.3) is 11.8 Å². The van der Waals surface area contributed by atoms with Gasteiger partial charge in [0.1, 0.15) is 22.7 Å². The van der Waals surface area contributed by atoms with Gasteiger partial charge in [-0.1, -0.05) is 35.9 Å². The standard InChI is InChI=1S/C34H33ClN4O3/c1-20-9-11-22(12-10-20)32(40)36-24-13-14-29-37-26(19-38(29)18-24)33(41)39-17-23(16-35)31-27(39)15-28(42-34(3,4)5)25-8-6-7-21(2)30(25)31/h6-15,18-19,23H,16-17H2,1-5H3,(H,36,40)/t23-/m1/s1. The molecule has 2 aromatic heterocycles. The van der Waals surface area contributed by atoms with Crippen molar-refractivity contribution in [2.45, 2.75) is 46.1 Å². The molecule has 5 aromatic rings. The second-order valence-corrected chi connectivity index (χ2v) is 12.2. The van der Waals surface area contributed by atoms with E-state index in [2.05, 4.69) is 29.4 Å². The van der Waals surface area contributed by atoms with Gasteiger partial charge in [0.15, 0.2) is 0 Å². The first-order chi connectivity index (χ1) is 20.0. The molecule has 7 nitrogen and oxygen atoms in total. The van der Waals surface area contributed by atoms with Crippen LogP contribution in [-0.4, -0.2) is 39.2 Å². The Morgan fingerprint density at radius 1 is 1.05 bits per heavy atom. The predicted octanol–water partition coefficient (Wildman–Crippen LogP) is 7.52. The van der Waals surface area contributed by atoms with Crippen molar-refractivity contribution in [2.24, 2.45) is 0 Å². The van der Waals surface area contributed by atoms with E-state index >= 15 is 0 Å². The van der Waals surface area contributed by atoms with Crippen LogP contribution in [0.1, 0.15) is 64.2 Å². The number of benzene rings is 3. The Labute approximate surface area is 250 Å². The molecule has 6 rings (SSSR count). The number of pyridine rings is 1. The Bertz CT molecular complexity index is 1850. The number of anilines is 2. The number of imidazole rings is 1. The Hall–Kier alpha value is -4.36. The van der Waals surface area contributed by atoms with E-state index in [4.69, 9.17) is 16.3 Å². The van der Waals surface area contributed by atoms with Gasteiger partial charge in [-0.05, 0) is 75.4 Å². The molecule has 42 heavy (non-hydrogen) atoms. The molecule has 1 aliphatic rings. The number of hydrogen-bond donors (Lipinski definition) is 1. The zero-order valence-corrected chi connectivity index (χ0v) is 25.1. The molecule has 1 N–H and O–H groups in total. The molecule has 2 amide bonds. The molecular weight excluding hydrogens is 548 g/mol. The summed E-state index contributed by atoms with van der Waals surface area (Å²) in [5.74, 6) is 0.666. The minimum atomic E-state index is -0.418. The largest absolute Gasteiger partial charge is 0.487 e. The van der Waals surface area contributed by atoms with E-state index in [1.165, 1.54) is 0 Å². The van der Waals surface area contributed by atoms with Crippen LogP contribution >= 0.6 is 11.6 Å². The smallest absolute Gasteiger partial charge is 0.278 e. The molecule has 0 fully saturated rings. The van der Waals surface area contributed by atoms with E-state index in [0.717, 1.165) is 38.9 Å². The van der Waals surface area contributed by atoms with E-state index in [0.29, 0.717) is 35.0 Å². The van der Waals surface area contributed by atoms with Gasteiger partial charge in [-0.25, -0.2) is 4.98 Å². The monoisotopic (exact) mass is 580 g/mol. The van der Waals surface area contributed by atoms with Gasteiger partial charge in [-0.3, -0.25) is 9.59 Å². The van der Waals surface area contributed by atoms with Crippen LogP contribution in [0.25, 0.3) is 16.4 Å². The lowest BCUT2D eigenvalue weighted by Crippen LogP contribution is -2.30. The highest BCUT2D eigenvalue weighted by atomic mass is 35.5. The van der Waals surface area contributed by atoms with Crippen molar-refractivity contribution in [1.29, 1.82) is 0 Å². The van der Waals surface area contributed by atoms with E-state index in [1.807, 2.05) is 52.0 Å². The van der Waals surface area contributed by atoms with Crippen LogP contribution in [-0.2, 0) is 0 Å². The minimum Gasteiger partial charge on any atom is -0.487 e. The maximum Gasteiger partial charge on any atom is 0.278 e. The zero-order valence-electron chi connectivity index (χ0n) is 24.4. The molecular formula is C34H33ClN4O3.